The topological polar surface area (TPSA) is 50.2 Å². The predicted molar refractivity (Wildman–Crippen MR) is 169 cm³/mol. The van der Waals surface area contributed by atoms with Crippen molar-refractivity contribution in [3.63, 3.8) is 0 Å². The number of rotatable bonds is 3. The summed E-state index contributed by atoms with van der Waals surface area (Å²) in [5.74, 6) is 7.29. The van der Waals surface area contributed by atoms with E-state index in [4.69, 9.17) is 10.1 Å². The number of hydrogen-bond acceptors (Lipinski definition) is 3. The fourth-order valence-corrected chi connectivity index (χ4v) is 7.48. The maximum Gasteiger partial charge on any atom is 0 e. The summed E-state index contributed by atoms with van der Waals surface area (Å²) < 4.78 is 1.54. The van der Waals surface area contributed by atoms with E-state index in [1.807, 2.05) is 6.20 Å². The summed E-state index contributed by atoms with van der Waals surface area (Å²) in [5, 5.41) is 18.2. The van der Waals surface area contributed by atoms with Gasteiger partial charge in [0.15, 0.2) is 5.78 Å². The molecule has 0 bridgehead atoms. The van der Waals surface area contributed by atoms with Gasteiger partial charge in [0.05, 0.1) is 5.76 Å². The summed E-state index contributed by atoms with van der Waals surface area (Å²) in [4.78, 5) is 14.9. The van der Waals surface area contributed by atoms with Crippen LogP contribution in [0.15, 0.2) is 103 Å². The van der Waals surface area contributed by atoms with Gasteiger partial charge >= 0.3 is 185 Å². The van der Waals surface area contributed by atoms with Crippen molar-refractivity contribution in [2.45, 2.75) is 31.1 Å². The zero-order chi connectivity index (χ0) is 27.7. The van der Waals surface area contributed by atoms with Gasteiger partial charge in [-0.1, -0.05) is 6.07 Å². The van der Waals surface area contributed by atoms with Crippen LogP contribution in [0.2, 0.25) is 17.3 Å². The van der Waals surface area contributed by atoms with Crippen molar-refractivity contribution in [2.24, 2.45) is 0 Å². The van der Waals surface area contributed by atoms with Gasteiger partial charge in [0.1, 0.15) is 0 Å². The minimum atomic E-state index is -1.88. The molecule has 5 aromatic carbocycles. The second-order valence-corrected chi connectivity index (χ2v) is 21.7. The molecule has 203 valence electrons. The maximum atomic E-state index is 10.0. The first kappa shape index (κ1) is 29.7. The Hall–Kier alpha value is -3.31. The SMILES string of the molecule is CC(=O)/C=C(/C)O.[CH3][Ge]([CH3])([CH3])[c]1ccc2c(ccc3cnc(-c4[c-]c5ccccc5c5ccccc45)cc32)c1.[Ir]. The molecular weight excluding hydrogens is 731 g/mol. The molecule has 0 aliphatic heterocycles. The Morgan fingerprint density at radius 3 is 2.08 bits per heavy atom. The molecule has 0 atom stereocenters. The van der Waals surface area contributed by atoms with Gasteiger partial charge < -0.3 is 5.11 Å². The molecule has 0 saturated carbocycles. The first-order chi connectivity index (χ1) is 18.6. The van der Waals surface area contributed by atoms with Gasteiger partial charge in [-0.05, 0) is 13.8 Å². The standard InChI is InChI=1S/C30H24GeN.C5H8O2.Ir/c1-31(2,3)23-14-15-25-21(16-23)12-13-22-19-32-30(18-28(22)25)29-17-20-8-4-5-9-24(20)26-10-6-7-11-27(26)29;1-4(6)3-5(2)7;/h4-16,18-19H,1-3H3;3,6H,1-2H3;/q-1;;/b;4-3-;. The number of carbonyl (C=O) groups excluding carboxylic acids is 1. The van der Waals surface area contributed by atoms with Crippen molar-refractivity contribution < 1.29 is 30.0 Å². The molecule has 6 rings (SSSR count). The summed E-state index contributed by atoms with van der Waals surface area (Å²) in [6, 6.07) is 34.5. The third-order valence-corrected chi connectivity index (χ3v) is 11.2. The Morgan fingerprint density at radius 2 is 1.43 bits per heavy atom. The molecule has 1 heterocycles. The number of benzene rings is 5. The van der Waals surface area contributed by atoms with E-state index in [1.165, 1.54) is 57.6 Å². The van der Waals surface area contributed by atoms with E-state index < -0.39 is 13.3 Å². The molecule has 1 radical (unpaired) electrons. The number of aromatic nitrogens is 1. The van der Waals surface area contributed by atoms with E-state index in [1.54, 1.807) is 4.40 Å². The van der Waals surface area contributed by atoms with Crippen molar-refractivity contribution in [1.29, 1.82) is 0 Å². The molecule has 0 fully saturated rings. The number of allylic oxidation sites excluding steroid dienone is 2. The van der Waals surface area contributed by atoms with E-state index in [9.17, 15) is 4.79 Å². The number of nitrogens with zero attached hydrogens (tertiary/aromatic N) is 1. The van der Waals surface area contributed by atoms with Crippen LogP contribution in [-0.2, 0) is 24.9 Å². The summed E-state index contributed by atoms with van der Waals surface area (Å²) >= 11 is -1.88. The van der Waals surface area contributed by atoms with Gasteiger partial charge in [-0.2, -0.15) is 0 Å². The molecule has 1 aromatic heterocycles. The largest absolute Gasteiger partial charge is 0 e. The van der Waals surface area contributed by atoms with Crippen LogP contribution in [0.25, 0.3) is 54.3 Å². The summed E-state index contributed by atoms with van der Waals surface area (Å²) in [5.41, 5.74) is 2.05. The van der Waals surface area contributed by atoms with Crippen LogP contribution in [0.1, 0.15) is 13.8 Å². The minimum absolute atomic E-state index is 0. The van der Waals surface area contributed by atoms with Crippen LogP contribution in [0.5, 0.6) is 0 Å². The maximum absolute atomic E-state index is 10.0. The van der Waals surface area contributed by atoms with Crippen molar-refractivity contribution in [3.05, 3.63) is 109 Å². The first-order valence-electron chi connectivity index (χ1n) is 13.2. The smallest absolute Gasteiger partial charge is 0 e. The van der Waals surface area contributed by atoms with Gasteiger partial charge in [0, 0.05) is 26.2 Å². The summed E-state index contributed by atoms with van der Waals surface area (Å²) in [6.45, 7) is 2.85. The van der Waals surface area contributed by atoms with E-state index in [2.05, 4.69) is 108 Å². The van der Waals surface area contributed by atoms with Crippen LogP contribution >= 0.6 is 0 Å². The Kier molecular flexibility index (Phi) is 8.94. The number of pyridine rings is 1. The van der Waals surface area contributed by atoms with Crippen LogP contribution in [-0.4, -0.2) is 29.1 Å². The Morgan fingerprint density at radius 1 is 0.775 bits per heavy atom. The van der Waals surface area contributed by atoms with Gasteiger partial charge in [-0.15, -0.1) is 0 Å². The molecule has 5 heteroatoms. The molecule has 0 saturated heterocycles. The van der Waals surface area contributed by atoms with E-state index >= 15 is 0 Å². The average Bonchev–Trinajstić information content (AvgIpc) is 2.91. The van der Waals surface area contributed by atoms with Crippen LogP contribution in [0, 0.1) is 6.07 Å². The average molecular weight is 763 g/mol. The molecular formula is C35H32GeIrNO2-. The second-order valence-electron chi connectivity index (χ2n) is 11.0. The quantitative estimate of drug-likeness (QED) is 0.0646. The summed E-state index contributed by atoms with van der Waals surface area (Å²) in [6.07, 6.45) is 3.18. The Labute approximate surface area is 251 Å². The Bertz CT molecular complexity index is 1900. The first-order valence-corrected chi connectivity index (χ1v) is 20.5. The number of aliphatic hydroxyl groups is 1. The molecule has 0 unspecified atom stereocenters. The molecule has 0 spiro atoms. The number of fused-ring (bicyclic) bond motifs is 6. The molecule has 0 aliphatic rings. The monoisotopic (exact) mass is 765 g/mol. The minimum Gasteiger partial charge on any atom is 0 e. The van der Waals surface area contributed by atoms with Crippen molar-refractivity contribution >= 4 is 66.5 Å². The van der Waals surface area contributed by atoms with Crippen LogP contribution < -0.4 is 4.40 Å². The van der Waals surface area contributed by atoms with Gasteiger partial charge in [-0.3, -0.25) is 4.79 Å². The van der Waals surface area contributed by atoms with Gasteiger partial charge in [-0.25, -0.2) is 0 Å². The number of aliphatic hydroxyl groups excluding tert-OH is 1. The van der Waals surface area contributed by atoms with Crippen LogP contribution in [0.4, 0.5) is 0 Å². The van der Waals surface area contributed by atoms with Gasteiger partial charge in [0.25, 0.3) is 0 Å². The van der Waals surface area contributed by atoms with Crippen LogP contribution in [0.3, 0.4) is 0 Å². The third kappa shape index (κ3) is 6.20. The molecule has 1 N–H and O–H groups in total. The van der Waals surface area contributed by atoms with E-state index in [0.29, 0.717) is 0 Å². The number of ketones is 1. The van der Waals surface area contributed by atoms with E-state index in [0.717, 1.165) is 16.6 Å². The molecule has 40 heavy (non-hydrogen) atoms. The van der Waals surface area contributed by atoms with Crippen molar-refractivity contribution in [3.8, 4) is 11.3 Å². The second kappa shape index (κ2) is 12.1. The fourth-order valence-electron chi connectivity index (χ4n) is 5.02. The number of carbonyl (C=O) groups is 1. The third-order valence-electron chi connectivity index (χ3n) is 6.93. The fraction of sp³-hybridized carbons (Fsp3) is 0.143. The Balaban J connectivity index is 0.000000413. The summed E-state index contributed by atoms with van der Waals surface area (Å²) in [7, 11) is 0. The van der Waals surface area contributed by atoms with Gasteiger partial charge in [0.2, 0.25) is 0 Å². The molecule has 3 nitrogen and oxygen atoms in total. The normalized spacial score (nSPS) is 11.8. The molecule has 6 aromatic rings. The zero-order valence-electron chi connectivity index (χ0n) is 23.4. The number of hydrogen-bond donors (Lipinski definition) is 1. The van der Waals surface area contributed by atoms with Crippen molar-refractivity contribution in [1.82, 2.24) is 4.98 Å². The zero-order valence-corrected chi connectivity index (χ0v) is 27.9. The molecule has 0 aliphatic carbocycles. The molecule has 0 amide bonds. The van der Waals surface area contributed by atoms with E-state index in [-0.39, 0.29) is 31.6 Å². The van der Waals surface area contributed by atoms with Crippen molar-refractivity contribution in [2.75, 3.05) is 0 Å². The predicted octanol–water partition coefficient (Wildman–Crippen LogP) is 8.74.